The van der Waals surface area contributed by atoms with Gasteiger partial charge in [-0.3, -0.25) is 4.79 Å². The standard InChI is InChI=1S/C38H27ClN4O2/c39-35-22-11-10-15-29(35)26-45-33-21-12-16-28(23-33)36-30(25-42(40-36)31-17-6-2-7-18-31)24-34-37(27-13-4-1-5-14-27)41-43(38(34)44)32-19-8-3-9-20-32/h1-25H,26H2/b34-24-. The van der Waals surface area contributed by atoms with Crippen LogP contribution in [0, 0.1) is 0 Å². The van der Waals surface area contributed by atoms with Gasteiger partial charge in [0, 0.05) is 33.5 Å². The van der Waals surface area contributed by atoms with Crippen LogP contribution in [0.2, 0.25) is 5.02 Å². The molecular formula is C38H27ClN4O2. The van der Waals surface area contributed by atoms with E-state index in [1.165, 1.54) is 5.01 Å². The third-order valence-electron chi connectivity index (χ3n) is 7.45. The molecule has 1 aromatic heterocycles. The van der Waals surface area contributed by atoms with E-state index in [1.54, 1.807) is 0 Å². The zero-order valence-electron chi connectivity index (χ0n) is 24.1. The molecule has 45 heavy (non-hydrogen) atoms. The van der Waals surface area contributed by atoms with Crippen LogP contribution < -0.4 is 9.75 Å². The minimum atomic E-state index is -0.213. The maximum Gasteiger partial charge on any atom is 0.281 e. The summed E-state index contributed by atoms with van der Waals surface area (Å²) in [5, 5.41) is 11.9. The number of amides is 1. The Bertz CT molecular complexity index is 2040. The lowest BCUT2D eigenvalue weighted by molar-refractivity contribution is -0.114. The lowest BCUT2D eigenvalue weighted by Gasteiger charge is -2.11. The number of carbonyl (C=O) groups excluding carboxylic acids is 1. The van der Waals surface area contributed by atoms with Crippen LogP contribution >= 0.6 is 11.6 Å². The van der Waals surface area contributed by atoms with Crippen molar-refractivity contribution in [3.05, 3.63) is 173 Å². The number of benzene rings is 5. The van der Waals surface area contributed by atoms with E-state index in [-0.39, 0.29) is 5.91 Å². The summed E-state index contributed by atoms with van der Waals surface area (Å²) < 4.78 is 7.97. The molecule has 0 atom stereocenters. The van der Waals surface area contributed by atoms with Crippen molar-refractivity contribution in [3.63, 3.8) is 0 Å². The molecule has 0 bridgehead atoms. The van der Waals surface area contributed by atoms with Gasteiger partial charge in [0.25, 0.3) is 5.91 Å². The average Bonchev–Trinajstić information content (AvgIpc) is 3.67. The van der Waals surface area contributed by atoms with Crippen molar-refractivity contribution in [3.8, 4) is 22.7 Å². The van der Waals surface area contributed by atoms with Gasteiger partial charge in [0.15, 0.2) is 0 Å². The summed E-state index contributed by atoms with van der Waals surface area (Å²) in [6, 6.07) is 44.5. The first-order chi connectivity index (χ1) is 22.1. The number of halogens is 1. The molecule has 0 radical (unpaired) electrons. The molecule has 0 spiro atoms. The highest BCUT2D eigenvalue weighted by atomic mass is 35.5. The van der Waals surface area contributed by atoms with Crippen LogP contribution in [0.1, 0.15) is 16.7 Å². The summed E-state index contributed by atoms with van der Waals surface area (Å²) in [5.41, 5.74) is 6.73. The van der Waals surface area contributed by atoms with E-state index in [1.807, 2.05) is 156 Å². The fraction of sp³-hybridized carbons (Fsp3) is 0.0263. The van der Waals surface area contributed by atoms with Gasteiger partial charge in [-0.1, -0.05) is 109 Å². The van der Waals surface area contributed by atoms with E-state index in [4.69, 9.17) is 26.5 Å². The van der Waals surface area contributed by atoms with Gasteiger partial charge in [0.2, 0.25) is 0 Å². The predicted molar refractivity (Wildman–Crippen MR) is 180 cm³/mol. The van der Waals surface area contributed by atoms with E-state index in [0.29, 0.717) is 40.0 Å². The molecule has 218 valence electrons. The minimum absolute atomic E-state index is 0.213. The van der Waals surface area contributed by atoms with Crippen LogP contribution in [0.3, 0.4) is 0 Å². The van der Waals surface area contributed by atoms with Crippen molar-refractivity contribution in [1.29, 1.82) is 0 Å². The number of anilines is 1. The third-order valence-corrected chi connectivity index (χ3v) is 7.82. The molecule has 1 aliphatic heterocycles. The van der Waals surface area contributed by atoms with E-state index in [0.717, 1.165) is 27.9 Å². The molecule has 1 aliphatic rings. The molecule has 6 aromatic rings. The molecule has 0 saturated heterocycles. The summed E-state index contributed by atoms with van der Waals surface area (Å²) in [7, 11) is 0. The Kier molecular flexibility index (Phi) is 7.79. The fourth-order valence-electron chi connectivity index (χ4n) is 5.19. The summed E-state index contributed by atoms with van der Waals surface area (Å²) in [6.07, 6.45) is 3.83. The van der Waals surface area contributed by atoms with E-state index >= 15 is 0 Å². The number of hydrogen-bond acceptors (Lipinski definition) is 4. The number of hydrogen-bond donors (Lipinski definition) is 0. The predicted octanol–water partition coefficient (Wildman–Crippen LogP) is 8.61. The van der Waals surface area contributed by atoms with E-state index in [9.17, 15) is 4.79 Å². The van der Waals surface area contributed by atoms with Crippen molar-refractivity contribution < 1.29 is 9.53 Å². The van der Waals surface area contributed by atoms with Crippen molar-refractivity contribution in [2.45, 2.75) is 6.61 Å². The normalized spacial score (nSPS) is 13.7. The zero-order chi connectivity index (χ0) is 30.6. The number of ether oxygens (including phenoxy) is 1. The zero-order valence-corrected chi connectivity index (χ0v) is 24.9. The molecule has 7 heteroatoms. The Morgan fingerprint density at radius 3 is 2.09 bits per heavy atom. The third kappa shape index (κ3) is 5.92. The van der Waals surface area contributed by atoms with Crippen LogP contribution in [0.15, 0.2) is 156 Å². The summed E-state index contributed by atoms with van der Waals surface area (Å²) in [6.45, 7) is 0.333. The van der Waals surface area contributed by atoms with Crippen molar-refractivity contribution >= 4 is 35.0 Å². The highest BCUT2D eigenvalue weighted by Crippen LogP contribution is 2.32. The van der Waals surface area contributed by atoms with Crippen molar-refractivity contribution in [1.82, 2.24) is 9.78 Å². The van der Waals surface area contributed by atoms with Gasteiger partial charge in [-0.15, -0.1) is 0 Å². The van der Waals surface area contributed by atoms with Crippen molar-refractivity contribution in [2.24, 2.45) is 5.10 Å². The Morgan fingerprint density at radius 2 is 1.36 bits per heavy atom. The van der Waals surface area contributed by atoms with Gasteiger partial charge in [0.1, 0.15) is 23.8 Å². The molecule has 6 nitrogen and oxygen atoms in total. The second kappa shape index (κ2) is 12.5. The quantitative estimate of drug-likeness (QED) is 0.163. The van der Waals surface area contributed by atoms with Crippen LogP contribution in [-0.2, 0) is 11.4 Å². The van der Waals surface area contributed by atoms with Gasteiger partial charge in [-0.25, -0.2) is 4.68 Å². The first kappa shape index (κ1) is 28.1. The molecule has 5 aromatic carbocycles. The highest BCUT2D eigenvalue weighted by molar-refractivity contribution is 6.37. The Hall–Kier alpha value is -5.72. The largest absolute Gasteiger partial charge is 0.489 e. The maximum absolute atomic E-state index is 14.0. The molecule has 0 saturated carbocycles. The van der Waals surface area contributed by atoms with Gasteiger partial charge in [-0.2, -0.15) is 15.2 Å². The highest BCUT2D eigenvalue weighted by Gasteiger charge is 2.32. The van der Waals surface area contributed by atoms with Crippen molar-refractivity contribution in [2.75, 3.05) is 5.01 Å². The molecule has 2 heterocycles. The number of carbonyl (C=O) groups is 1. The van der Waals surface area contributed by atoms with Crippen LogP contribution in [0.4, 0.5) is 5.69 Å². The number of hydrazone groups is 1. The number of nitrogens with zero attached hydrogens (tertiary/aromatic N) is 4. The van der Waals surface area contributed by atoms with Crippen LogP contribution in [-0.4, -0.2) is 21.4 Å². The van der Waals surface area contributed by atoms with Gasteiger partial charge >= 0.3 is 0 Å². The topological polar surface area (TPSA) is 59.7 Å². The lowest BCUT2D eigenvalue weighted by atomic mass is 9.99. The molecule has 0 aliphatic carbocycles. The van der Waals surface area contributed by atoms with E-state index in [2.05, 4.69) is 0 Å². The van der Waals surface area contributed by atoms with E-state index < -0.39 is 0 Å². The Balaban J connectivity index is 1.32. The average molecular weight is 607 g/mol. The first-order valence-corrected chi connectivity index (χ1v) is 14.9. The smallest absolute Gasteiger partial charge is 0.281 e. The molecule has 7 rings (SSSR count). The van der Waals surface area contributed by atoms with Gasteiger partial charge in [-0.05, 0) is 48.5 Å². The number of para-hydroxylation sites is 2. The second-order valence-corrected chi connectivity index (χ2v) is 10.9. The summed E-state index contributed by atoms with van der Waals surface area (Å²) in [5.74, 6) is 0.467. The fourth-order valence-corrected chi connectivity index (χ4v) is 5.38. The van der Waals surface area contributed by atoms with Crippen LogP contribution in [0.5, 0.6) is 5.75 Å². The van der Waals surface area contributed by atoms with Gasteiger partial charge < -0.3 is 4.74 Å². The second-order valence-electron chi connectivity index (χ2n) is 10.4. The number of aromatic nitrogens is 2. The van der Waals surface area contributed by atoms with Crippen LogP contribution in [0.25, 0.3) is 23.0 Å². The Labute approximate surface area is 266 Å². The number of rotatable bonds is 8. The maximum atomic E-state index is 14.0. The van der Waals surface area contributed by atoms with Gasteiger partial charge in [0.05, 0.1) is 16.9 Å². The summed E-state index contributed by atoms with van der Waals surface area (Å²) in [4.78, 5) is 14.0. The molecule has 0 fully saturated rings. The molecular weight excluding hydrogens is 580 g/mol. The monoisotopic (exact) mass is 606 g/mol. The lowest BCUT2D eigenvalue weighted by Crippen LogP contribution is -2.21. The SMILES string of the molecule is O=C1/C(=C\c2cn(-c3ccccc3)nc2-c2cccc(OCc3ccccc3Cl)c2)C(c2ccccc2)=NN1c1ccccc1. The molecule has 0 N–H and O–H groups in total. The molecule has 1 amide bonds. The Morgan fingerprint density at radius 1 is 0.711 bits per heavy atom. The first-order valence-electron chi connectivity index (χ1n) is 14.5. The minimum Gasteiger partial charge on any atom is -0.489 e. The summed E-state index contributed by atoms with van der Waals surface area (Å²) >= 11 is 6.36. The molecule has 0 unspecified atom stereocenters.